The molecule has 5 heteroatoms. The molecule has 17 heavy (non-hydrogen) atoms. The number of amides is 2. The molecule has 0 heterocycles. The van der Waals surface area contributed by atoms with Crippen LogP contribution < -0.4 is 11.1 Å². The molecule has 1 atom stereocenters. The minimum absolute atomic E-state index is 0.138. The number of carbonyl (C=O) groups is 2. The molecule has 0 aliphatic rings. The van der Waals surface area contributed by atoms with Gasteiger partial charge >= 0.3 is 0 Å². The molecular formula is C12H14N2O3. The summed E-state index contributed by atoms with van der Waals surface area (Å²) in [5.41, 5.74) is 5.97. The van der Waals surface area contributed by atoms with Crippen molar-refractivity contribution < 1.29 is 14.7 Å². The van der Waals surface area contributed by atoms with Gasteiger partial charge in [0.05, 0.1) is 0 Å². The van der Waals surface area contributed by atoms with Gasteiger partial charge in [-0.05, 0) is 23.8 Å². The Morgan fingerprint density at radius 1 is 1.41 bits per heavy atom. The lowest BCUT2D eigenvalue weighted by atomic mass is 10.1. The van der Waals surface area contributed by atoms with E-state index in [2.05, 4.69) is 11.9 Å². The summed E-state index contributed by atoms with van der Waals surface area (Å²) in [4.78, 5) is 22.2. The zero-order valence-electron chi connectivity index (χ0n) is 9.22. The number of phenolic OH excluding ortho intramolecular Hbond substituents is 1. The molecule has 90 valence electrons. The van der Waals surface area contributed by atoms with E-state index in [0.29, 0.717) is 0 Å². The number of carbonyl (C=O) groups excluding carboxylic acids is 2. The summed E-state index contributed by atoms with van der Waals surface area (Å²) in [5.74, 6) is -0.930. The largest absolute Gasteiger partial charge is 0.508 e. The summed E-state index contributed by atoms with van der Waals surface area (Å²) in [6.07, 6.45) is 1.35. The summed E-state index contributed by atoms with van der Waals surface area (Å²) >= 11 is 0. The predicted octanol–water partition coefficient (Wildman–Crippen LogP) is 0.0908. The van der Waals surface area contributed by atoms with Crippen molar-refractivity contribution in [2.75, 3.05) is 0 Å². The molecule has 0 aromatic heterocycles. The molecule has 2 amide bonds. The molecule has 1 aromatic carbocycles. The number of hydrogen-bond donors (Lipinski definition) is 3. The Labute approximate surface area is 98.9 Å². The Kier molecular flexibility index (Phi) is 4.28. The first-order valence-corrected chi connectivity index (χ1v) is 5.03. The molecule has 5 nitrogen and oxygen atoms in total. The molecule has 0 aliphatic heterocycles. The topological polar surface area (TPSA) is 92.4 Å². The Morgan fingerprint density at radius 3 is 2.47 bits per heavy atom. The lowest BCUT2D eigenvalue weighted by Gasteiger charge is -2.14. The molecule has 0 bridgehead atoms. The monoisotopic (exact) mass is 234 g/mol. The lowest BCUT2D eigenvalue weighted by molar-refractivity contribution is -0.124. The fourth-order valence-electron chi connectivity index (χ4n) is 1.32. The van der Waals surface area contributed by atoms with Crippen molar-refractivity contribution in [3.8, 4) is 5.75 Å². The van der Waals surface area contributed by atoms with Crippen molar-refractivity contribution in [1.82, 2.24) is 5.32 Å². The molecule has 0 saturated heterocycles. The molecular weight excluding hydrogens is 220 g/mol. The average molecular weight is 234 g/mol. The van der Waals surface area contributed by atoms with Gasteiger partial charge in [0.1, 0.15) is 11.8 Å². The van der Waals surface area contributed by atoms with Gasteiger partial charge in [-0.3, -0.25) is 9.59 Å². The maximum absolute atomic E-state index is 11.1. The Bertz CT molecular complexity index is 426. The summed E-state index contributed by atoms with van der Waals surface area (Å²) < 4.78 is 0. The maximum Gasteiger partial charge on any atom is 0.244 e. The second-order valence-corrected chi connectivity index (χ2v) is 3.54. The van der Waals surface area contributed by atoms with Crippen LogP contribution in [0.4, 0.5) is 0 Å². The fourth-order valence-corrected chi connectivity index (χ4v) is 1.32. The van der Waals surface area contributed by atoms with Crippen LogP contribution in [0.1, 0.15) is 5.56 Å². The van der Waals surface area contributed by atoms with Crippen LogP contribution in [0.2, 0.25) is 0 Å². The van der Waals surface area contributed by atoms with Crippen LogP contribution in [0.15, 0.2) is 36.9 Å². The van der Waals surface area contributed by atoms with E-state index in [4.69, 9.17) is 10.8 Å². The van der Waals surface area contributed by atoms with Crippen molar-refractivity contribution in [2.45, 2.75) is 12.5 Å². The number of hydrogen-bond acceptors (Lipinski definition) is 3. The standard InChI is InChI=1S/C12H14N2O3/c1-2-11(16)14-10(12(13)17)7-8-3-5-9(15)6-4-8/h2-6,10,15H,1,7H2,(H2,13,17)(H,14,16)/t10-/m0/s1. The lowest BCUT2D eigenvalue weighted by Crippen LogP contribution is -2.45. The van der Waals surface area contributed by atoms with E-state index in [1.807, 2.05) is 0 Å². The maximum atomic E-state index is 11.1. The quantitative estimate of drug-likeness (QED) is 0.630. The van der Waals surface area contributed by atoms with E-state index in [-0.39, 0.29) is 12.2 Å². The zero-order valence-corrected chi connectivity index (χ0v) is 9.22. The molecule has 1 aromatic rings. The van der Waals surface area contributed by atoms with Gasteiger partial charge in [0.15, 0.2) is 0 Å². The molecule has 0 aliphatic carbocycles. The van der Waals surface area contributed by atoms with Gasteiger partial charge in [-0.25, -0.2) is 0 Å². The number of aromatic hydroxyl groups is 1. The molecule has 0 fully saturated rings. The van der Waals surface area contributed by atoms with Crippen LogP contribution >= 0.6 is 0 Å². The van der Waals surface area contributed by atoms with Crippen molar-refractivity contribution >= 4 is 11.8 Å². The van der Waals surface area contributed by atoms with Crippen molar-refractivity contribution in [2.24, 2.45) is 5.73 Å². The second kappa shape index (κ2) is 5.69. The van der Waals surface area contributed by atoms with E-state index in [1.165, 1.54) is 12.1 Å². The molecule has 0 radical (unpaired) electrons. The minimum Gasteiger partial charge on any atom is -0.508 e. The van der Waals surface area contributed by atoms with E-state index in [1.54, 1.807) is 12.1 Å². The van der Waals surface area contributed by atoms with Gasteiger partial charge in [-0.1, -0.05) is 18.7 Å². The normalized spacial score (nSPS) is 11.5. The first-order valence-electron chi connectivity index (χ1n) is 5.03. The van der Waals surface area contributed by atoms with E-state index in [9.17, 15) is 9.59 Å². The van der Waals surface area contributed by atoms with Crippen LogP contribution in [-0.4, -0.2) is 23.0 Å². The number of phenols is 1. The van der Waals surface area contributed by atoms with Crippen LogP contribution in [0.3, 0.4) is 0 Å². The summed E-state index contributed by atoms with van der Waals surface area (Å²) in [7, 11) is 0. The first-order chi connectivity index (χ1) is 8.02. The first kappa shape index (κ1) is 12.8. The van der Waals surface area contributed by atoms with Crippen LogP contribution in [-0.2, 0) is 16.0 Å². The predicted molar refractivity (Wildman–Crippen MR) is 63.1 cm³/mol. The van der Waals surface area contributed by atoms with Crippen LogP contribution in [0.5, 0.6) is 5.75 Å². The van der Waals surface area contributed by atoms with Crippen LogP contribution in [0.25, 0.3) is 0 Å². The highest BCUT2D eigenvalue weighted by molar-refractivity contribution is 5.92. The summed E-state index contributed by atoms with van der Waals surface area (Å²) in [6, 6.07) is 5.53. The average Bonchev–Trinajstić information content (AvgIpc) is 2.30. The number of primary amides is 1. The third-order valence-corrected chi connectivity index (χ3v) is 2.22. The molecule has 0 unspecified atom stereocenters. The summed E-state index contributed by atoms with van der Waals surface area (Å²) in [6.45, 7) is 3.29. The van der Waals surface area contributed by atoms with Crippen molar-refractivity contribution in [3.05, 3.63) is 42.5 Å². The van der Waals surface area contributed by atoms with Crippen LogP contribution in [0, 0.1) is 0 Å². The van der Waals surface area contributed by atoms with E-state index < -0.39 is 17.9 Å². The van der Waals surface area contributed by atoms with E-state index >= 15 is 0 Å². The highest BCUT2D eigenvalue weighted by atomic mass is 16.3. The van der Waals surface area contributed by atoms with E-state index in [0.717, 1.165) is 11.6 Å². The third kappa shape index (κ3) is 3.98. The highest BCUT2D eigenvalue weighted by Crippen LogP contribution is 2.11. The molecule has 1 rings (SSSR count). The SMILES string of the molecule is C=CC(=O)N[C@@H](Cc1ccc(O)cc1)C(N)=O. The van der Waals surface area contributed by atoms with Gasteiger partial charge in [0, 0.05) is 6.42 Å². The number of nitrogens with two attached hydrogens (primary N) is 1. The van der Waals surface area contributed by atoms with Gasteiger partial charge in [-0.2, -0.15) is 0 Å². The third-order valence-electron chi connectivity index (χ3n) is 2.22. The molecule has 0 saturated carbocycles. The molecule has 4 N–H and O–H groups in total. The zero-order chi connectivity index (χ0) is 12.8. The van der Waals surface area contributed by atoms with Crippen molar-refractivity contribution in [1.29, 1.82) is 0 Å². The van der Waals surface area contributed by atoms with Crippen molar-refractivity contribution in [3.63, 3.8) is 0 Å². The Hall–Kier alpha value is -2.30. The fraction of sp³-hybridized carbons (Fsp3) is 0.167. The Morgan fingerprint density at radius 2 is 2.00 bits per heavy atom. The van der Waals surface area contributed by atoms with Gasteiger partial charge in [0.2, 0.25) is 11.8 Å². The second-order valence-electron chi connectivity index (χ2n) is 3.54. The number of nitrogens with one attached hydrogen (secondary N) is 1. The number of rotatable bonds is 5. The Balaban J connectivity index is 2.73. The highest BCUT2D eigenvalue weighted by Gasteiger charge is 2.17. The van der Waals surface area contributed by atoms with Gasteiger partial charge in [0.25, 0.3) is 0 Å². The molecule has 0 spiro atoms. The minimum atomic E-state index is -0.787. The summed E-state index contributed by atoms with van der Waals surface area (Å²) in [5, 5.41) is 11.5. The van der Waals surface area contributed by atoms with Gasteiger partial charge in [-0.15, -0.1) is 0 Å². The van der Waals surface area contributed by atoms with Gasteiger partial charge < -0.3 is 16.2 Å². The number of benzene rings is 1. The smallest absolute Gasteiger partial charge is 0.244 e.